The molecule has 0 saturated heterocycles. The highest BCUT2D eigenvalue weighted by atomic mass is 14.4. The molecule has 0 bridgehead atoms. The molecule has 1 N–H and O–H groups in total. The molecule has 0 aromatic rings. The summed E-state index contributed by atoms with van der Waals surface area (Å²) in [7, 11) is 0. The fraction of sp³-hybridized carbons (Fsp3) is 0.960. The number of nitrogens with one attached hydrogen (secondary N) is 1. The molecule has 0 aliphatic carbocycles. The third-order valence-electron chi connectivity index (χ3n) is 6.12. The molecule has 0 saturated carbocycles. The quantitative estimate of drug-likeness (QED) is 0.185. The molecule has 0 aromatic carbocycles. The second-order valence-electron chi connectivity index (χ2n) is 9.70. The van der Waals surface area contributed by atoms with Crippen LogP contribution in [-0.2, 0) is 0 Å². The first kappa shape index (κ1) is 25.7. The summed E-state index contributed by atoms with van der Waals surface area (Å²) in [5, 5.41) is 7.73. The van der Waals surface area contributed by atoms with E-state index in [1.54, 1.807) is 0 Å². The van der Waals surface area contributed by atoms with Gasteiger partial charge in [-0.15, -0.1) is 0 Å². The zero-order valence-electron chi connectivity index (χ0n) is 19.2. The van der Waals surface area contributed by atoms with Gasteiger partial charge in [-0.05, 0) is 42.9 Å². The lowest BCUT2D eigenvalue weighted by Crippen LogP contribution is -2.01. The SMILES string of the molecule is CCC(=N)CCCC(C)CCCCC(C)CCCC(C)CCCC(C)C. The van der Waals surface area contributed by atoms with Crippen molar-refractivity contribution in [3.63, 3.8) is 0 Å². The summed E-state index contributed by atoms with van der Waals surface area (Å²) in [4.78, 5) is 0. The summed E-state index contributed by atoms with van der Waals surface area (Å²) in [6.45, 7) is 14.1. The molecular weight excluding hydrogens is 314 g/mol. The minimum Gasteiger partial charge on any atom is -0.310 e. The molecule has 0 aromatic heterocycles. The predicted molar refractivity (Wildman–Crippen MR) is 120 cm³/mol. The number of hydrogen-bond donors (Lipinski definition) is 1. The molecule has 0 fully saturated rings. The Hall–Kier alpha value is -0.330. The van der Waals surface area contributed by atoms with Crippen molar-refractivity contribution in [3.8, 4) is 0 Å². The summed E-state index contributed by atoms with van der Waals surface area (Å²) in [6.07, 6.45) is 18.7. The average molecular weight is 366 g/mol. The minimum atomic E-state index is 0.849. The van der Waals surface area contributed by atoms with Crippen molar-refractivity contribution in [3.05, 3.63) is 0 Å². The van der Waals surface area contributed by atoms with E-state index >= 15 is 0 Å². The van der Waals surface area contributed by atoms with Crippen LogP contribution >= 0.6 is 0 Å². The van der Waals surface area contributed by atoms with Gasteiger partial charge < -0.3 is 5.41 Å². The van der Waals surface area contributed by atoms with Crippen molar-refractivity contribution in [2.24, 2.45) is 23.7 Å². The van der Waals surface area contributed by atoms with E-state index < -0.39 is 0 Å². The van der Waals surface area contributed by atoms with Gasteiger partial charge in [0.25, 0.3) is 0 Å². The maximum Gasteiger partial charge on any atom is 0.00864 e. The zero-order chi connectivity index (χ0) is 19.8. The predicted octanol–water partition coefficient (Wildman–Crippen LogP) is 9.05. The van der Waals surface area contributed by atoms with Crippen LogP contribution in [0.25, 0.3) is 0 Å². The van der Waals surface area contributed by atoms with E-state index in [-0.39, 0.29) is 0 Å². The summed E-state index contributed by atoms with van der Waals surface area (Å²) in [5.74, 6) is 3.56. The Labute approximate surface area is 166 Å². The van der Waals surface area contributed by atoms with Crippen LogP contribution in [0.1, 0.15) is 131 Å². The second-order valence-corrected chi connectivity index (χ2v) is 9.70. The van der Waals surface area contributed by atoms with Crippen LogP contribution in [-0.4, -0.2) is 5.71 Å². The molecule has 3 atom stereocenters. The smallest absolute Gasteiger partial charge is 0.00864 e. The van der Waals surface area contributed by atoms with Crippen molar-refractivity contribution in [1.29, 1.82) is 5.41 Å². The van der Waals surface area contributed by atoms with Gasteiger partial charge in [0.2, 0.25) is 0 Å². The Morgan fingerprint density at radius 1 is 0.577 bits per heavy atom. The molecule has 26 heavy (non-hydrogen) atoms. The van der Waals surface area contributed by atoms with E-state index in [4.69, 9.17) is 5.41 Å². The van der Waals surface area contributed by atoms with Crippen molar-refractivity contribution >= 4 is 5.71 Å². The Balaban J connectivity index is 3.50. The molecule has 156 valence electrons. The van der Waals surface area contributed by atoms with Crippen LogP contribution in [0.4, 0.5) is 0 Å². The highest BCUT2D eigenvalue weighted by Crippen LogP contribution is 2.23. The third-order valence-corrected chi connectivity index (χ3v) is 6.12. The van der Waals surface area contributed by atoms with E-state index in [1.165, 1.54) is 77.0 Å². The summed E-state index contributed by atoms with van der Waals surface area (Å²) in [6, 6.07) is 0. The van der Waals surface area contributed by atoms with Gasteiger partial charge in [-0.3, -0.25) is 0 Å². The zero-order valence-corrected chi connectivity index (χ0v) is 19.2. The molecule has 1 heteroatoms. The fourth-order valence-corrected chi connectivity index (χ4v) is 3.95. The lowest BCUT2D eigenvalue weighted by Gasteiger charge is -2.16. The van der Waals surface area contributed by atoms with Crippen molar-refractivity contribution in [2.75, 3.05) is 0 Å². The number of unbranched alkanes of at least 4 members (excludes halogenated alkanes) is 1. The molecule has 0 radical (unpaired) electrons. The first-order valence-electron chi connectivity index (χ1n) is 11.9. The topological polar surface area (TPSA) is 23.9 Å². The van der Waals surface area contributed by atoms with Gasteiger partial charge in [0.15, 0.2) is 0 Å². The Morgan fingerprint density at radius 3 is 1.38 bits per heavy atom. The van der Waals surface area contributed by atoms with Gasteiger partial charge in [0.1, 0.15) is 0 Å². The van der Waals surface area contributed by atoms with Crippen LogP contribution in [0.5, 0.6) is 0 Å². The first-order chi connectivity index (χ1) is 12.3. The summed E-state index contributed by atoms with van der Waals surface area (Å²) < 4.78 is 0. The summed E-state index contributed by atoms with van der Waals surface area (Å²) in [5.41, 5.74) is 0.931. The number of hydrogen-bond acceptors (Lipinski definition) is 1. The molecular formula is C25H51N. The van der Waals surface area contributed by atoms with E-state index in [1.807, 2.05) is 0 Å². The Morgan fingerprint density at radius 2 is 0.962 bits per heavy atom. The molecule has 0 rings (SSSR count). The molecule has 0 aliphatic heterocycles. The van der Waals surface area contributed by atoms with E-state index in [0.29, 0.717) is 0 Å². The molecule has 0 heterocycles. The van der Waals surface area contributed by atoms with Crippen molar-refractivity contribution in [1.82, 2.24) is 0 Å². The van der Waals surface area contributed by atoms with Gasteiger partial charge in [0.05, 0.1) is 0 Å². The third kappa shape index (κ3) is 17.1. The van der Waals surface area contributed by atoms with Crippen molar-refractivity contribution < 1.29 is 0 Å². The molecule has 3 unspecified atom stereocenters. The maximum absolute atomic E-state index is 7.73. The normalized spacial score (nSPS) is 15.2. The lowest BCUT2D eigenvalue weighted by molar-refractivity contribution is 0.378. The lowest BCUT2D eigenvalue weighted by atomic mass is 9.91. The van der Waals surface area contributed by atoms with Crippen LogP contribution in [0.2, 0.25) is 0 Å². The van der Waals surface area contributed by atoms with E-state index in [2.05, 4.69) is 41.5 Å². The summed E-state index contributed by atoms with van der Waals surface area (Å²) >= 11 is 0. The largest absolute Gasteiger partial charge is 0.310 e. The molecule has 1 nitrogen and oxygen atoms in total. The first-order valence-corrected chi connectivity index (χ1v) is 11.9. The van der Waals surface area contributed by atoms with Gasteiger partial charge in [0, 0.05) is 5.71 Å². The molecule has 0 amide bonds. The van der Waals surface area contributed by atoms with Gasteiger partial charge >= 0.3 is 0 Å². The minimum absolute atomic E-state index is 0.849. The maximum atomic E-state index is 7.73. The monoisotopic (exact) mass is 365 g/mol. The number of rotatable bonds is 18. The molecule has 0 aliphatic rings. The van der Waals surface area contributed by atoms with E-state index in [0.717, 1.165) is 42.2 Å². The van der Waals surface area contributed by atoms with Gasteiger partial charge in [-0.2, -0.15) is 0 Å². The Bertz CT molecular complexity index is 320. The molecule has 0 spiro atoms. The van der Waals surface area contributed by atoms with Crippen LogP contribution in [0.15, 0.2) is 0 Å². The van der Waals surface area contributed by atoms with Crippen LogP contribution < -0.4 is 0 Å². The second kappa shape index (κ2) is 16.8. The standard InChI is InChI=1S/C25H51N/c1-7-25(26)20-12-19-23(5)15-9-8-14-22(4)17-11-18-24(6)16-10-13-21(2)3/h21-24,26H,7-20H2,1-6H3. The van der Waals surface area contributed by atoms with Crippen LogP contribution in [0.3, 0.4) is 0 Å². The Kier molecular flexibility index (Phi) is 16.6. The van der Waals surface area contributed by atoms with Crippen molar-refractivity contribution in [2.45, 2.75) is 131 Å². The van der Waals surface area contributed by atoms with Gasteiger partial charge in [-0.25, -0.2) is 0 Å². The van der Waals surface area contributed by atoms with Crippen LogP contribution in [0, 0.1) is 29.1 Å². The van der Waals surface area contributed by atoms with Gasteiger partial charge in [-0.1, -0.05) is 112 Å². The fourth-order valence-electron chi connectivity index (χ4n) is 3.95. The highest BCUT2D eigenvalue weighted by molar-refractivity contribution is 5.80. The van der Waals surface area contributed by atoms with E-state index in [9.17, 15) is 0 Å². The average Bonchev–Trinajstić information content (AvgIpc) is 2.58. The highest BCUT2D eigenvalue weighted by Gasteiger charge is 2.08.